The molecule has 0 radical (unpaired) electrons. The summed E-state index contributed by atoms with van der Waals surface area (Å²) in [6.45, 7) is 6.69. The van der Waals surface area contributed by atoms with E-state index in [9.17, 15) is 5.11 Å². The second kappa shape index (κ2) is 11.2. The van der Waals surface area contributed by atoms with E-state index >= 15 is 0 Å². The van der Waals surface area contributed by atoms with Crippen LogP contribution in [0, 0.1) is 0 Å². The van der Waals surface area contributed by atoms with Gasteiger partial charge in [-0.1, -0.05) is 36.4 Å². The molecule has 0 saturated carbocycles. The normalized spacial score (nSPS) is 16.9. The molecule has 1 saturated heterocycles. The van der Waals surface area contributed by atoms with Crippen molar-refractivity contribution in [3.05, 3.63) is 83.1 Å². The Hall–Kier alpha value is -2.91. The van der Waals surface area contributed by atoms with Crippen LogP contribution in [0.2, 0.25) is 0 Å². The number of aliphatic hydroxyl groups excluding tert-OH is 1. The zero-order valence-electron chi connectivity index (χ0n) is 20.0. The molecule has 0 amide bonds. The van der Waals surface area contributed by atoms with Crippen molar-refractivity contribution in [1.82, 2.24) is 24.8 Å². The van der Waals surface area contributed by atoms with Crippen LogP contribution in [0.4, 0.5) is 5.95 Å². The first-order valence-corrected chi connectivity index (χ1v) is 13.2. The summed E-state index contributed by atoms with van der Waals surface area (Å²) in [5, 5.41) is 16.7. The molecule has 5 rings (SSSR count). The molecule has 4 aromatic rings. The second-order valence-corrected chi connectivity index (χ2v) is 9.98. The van der Waals surface area contributed by atoms with Crippen molar-refractivity contribution in [1.29, 1.82) is 0 Å². The van der Waals surface area contributed by atoms with Crippen molar-refractivity contribution in [2.75, 3.05) is 38.0 Å². The molecule has 35 heavy (non-hydrogen) atoms. The minimum absolute atomic E-state index is 0.00390. The first-order valence-electron chi connectivity index (χ1n) is 12.3. The quantitative estimate of drug-likeness (QED) is 0.359. The lowest BCUT2D eigenvalue weighted by atomic mass is 10.1. The Bertz CT molecular complexity index is 1210. The molecule has 2 atom stereocenters. The molecule has 1 aliphatic rings. The highest BCUT2D eigenvalue weighted by Gasteiger charge is 2.27. The summed E-state index contributed by atoms with van der Waals surface area (Å²) in [5.74, 6) is 0.529. The Balaban J connectivity index is 1.21. The molecule has 8 heteroatoms. The first-order chi connectivity index (χ1) is 17.2. The number of nitrogens with one attached hydrogen (secondary N) is 1. The van der Waals surface area contributed by atoms with Crippen molar-refractivity contribution in [2.45, 2.75) is 32.0 Å². The molecule has 1 unspecified atom stereocenters. The number of rotatable bonds is 9. The predicted octanol–water partition coefficient (Wildman–Crippen LogP) is 4.50. The van der Waals surface area contributed by atoms with Crippen molar-refractivity contribution < 1.29 is 5.11 Å². The number of pyridine rings is 1. The molecular weight excluding hydrogens is 456 g/mol. The molecule has 0 spiro atoms. The number of aliphatic hydroxyl groups is 1. The SMILES string of the molecule is C[C@H](Nc1nc(C(O)N2CCN(CCCc3ccccc3)CC2)c2sccc2n1)c1cccnc1. The van der Waals surface area contributed by atoms with Gasteiger partial charge in [0.1, 0.15) is 5.69 Å². The fraction of sp³-hybridized carbons (Fsp3) is 0.370. The second-order valence-electron chi connectivity index (χ2n) is 9.06. The van der Waals surface area contributed by atoms with Gasteiger partial charge in [0.05, 0.1) is 16.3 Å². The summed E-state index contributed by atoms with van der Waals surface area (Å²) in [6.07, 6.45) is 5.12. The van der Waals surface area contributed by atoms with E-state index in [1.54, 1.807) is 17.5 Å². The monoisotopic (exact) mass is 488 g/mol. The number of nitrogens with zero attached hydrogens (tertiary/aromatic N) is 5. The molecule has 7 nitrogen and oxygen atoms in total. The van der Waals surface area contributed by atoms with Gasteiger partial charge >= 0.3 is 0 Å². The zero-order chi connectivity index (χ0) is 24.0. The van der Waals surface area contributed by atoms with Crippen LogP contribution in [-0.2, 0) is 6.42 Å². The third-order valence-electron chi connectivity index (χ3n) is 6.64. The molecule has 0 aliphatic carbocycles. The van der Waals surface area contributed by atoms with Crippen molar-refractivity contribution >= 4 is 27.5 Å². The summed E-state index contributed by atoms with van der Waals surface area (Å²) in [7, 11) is 0. The van der Waals surface area contributed by atoms with Crippen molar-refractivity contribution in [3.8, 4) is 0 Å². The summed E-state index contributed by atoms with van der Waals surface area (Å²) < 4.78 is 0.947. The number of hydrogen-bond acceptors (Lipinski definition) is 8. The van der Waals surface area contributed by atoms with E-state index in [1.165, 1.54) is 5.56 Å². The lowest BCUT2D eigenvalue weighted by Gasteiger charge is -2.37. The summed E-state index contributed by atoms with van der Waals surface area (Å²) >= 11 is 1.58. The third-order valence-corrected chi connectivity index (χ3v) is 7.57. The summed E-state index contributed by atoms with van der Waals surface area (Å²) in [5.41, 5.74) is 4.00. The van der Waals surface area contributed by atoms with E-state index in [-0.39, 0.29) is 6.04 Å². The van der Waals surface area contributed by atoms with Gasteiger partial charge in [0.2, 0.25) is 5.95 Å². The average molecular weight is 489 g/mol. The van der Waals surface area contributed by atoms with Crippen LogP contribution in [-0.4, -0.2) is 62.6 Å². The Morgan fingerprint density at radius 1 is 1.03 bits per heavy atom. The summed E-state index contributed by atoms with van der Waals surface area (Å²) in [6, 6.07) is 16.6. The van der Waals surface area contributed by atoms with Gasteiger partial charge in [0, 0.05) is 38.6 Å². The number of hydrogen-bond donors (Lipinski definition) is 2. The molecule has 3 aromatic heterocycles. The zero-order valence-corrected chi connectivity index (χ0v) is 20.9. The maximum atomic E-state index is 11.3. The Morgan fingerprint density at radius 3 is 2.63 bits per heavy atom. The number of aromatic nitrogens is 3. The first kappa shape index (κ1) is 23.8. The molecule has 1 aliphatic heterocycles. The lowest BCUT2D eigenvalue weighted by Crippen LogP contribution is -2.48. The van der Waals surface area contributed by atoms with Gasteiger partial charge < -0.3 is 15.3 Å². The van der Waals surface area contributed by atoms with E-state index in [0.29, 0.717) is 11.6 Å². The van der Waals surface area contributed by atoms with Gasteiger partial charge in [-0.2, -0.15) is 0 Å². The maximum absolute atomic E-state index is 11.3. The van der Waals surface area contributed by atoms with E-state index in [1.807, 2.05) is 29.8 Å². The van der Waals surface area contributed by atoms with Crippen LogP contribution in [0.25, 0.3) is 10.2 Å². The molecular formula is C27H32N6OS. The lowest BCUT2D eigenvalue weighted by molar-refractivity contribution is -0.0288. The van der Waals surface area contributed by atoms with Gasteiger partial charge in [-0.05, 0) is 54.9 Å². The van der Waals surface area contributed by atoms with E-state index in [2.05, 4.69) is 62.3 Å². The Labute approximate surface area is 210 Å². The van der Waals surface area contributed by atoms with Crippen LogP contribution in [0.1, 0.15) is 42.4 Å². The fourth-order valence-electron chi connectivity index (χ4n) is 4.59. The van der Waals surface area contributed by atoms with Crippen LogP contribution < -0.4 is 5.32 Å². The van der Waals surface area contributed by atoms with Crippen LogP contribution in [0.3, 0.4) is 0 Å². The highest BCUT2D eigenvalue weighted by Crippen LogP contribution is 2.31. The van der Waals surface area contributed by atoms with E-state index in [4.69, 9.17) is 4.98 Å². The van der Waals surface area contributed by atoms with Crippen LogP contribution >= 0.6 is 11.3 Å². The van der Waals surface area contributed by atoms with Gasteiger partial charge in [-0.3, -0.25) is 9.88 Å². The highest BCUT2D eigenvalue weighted by atomic mass is 32.1. The van der Waals surface area contributed by atoms with Crippen molar-refractivity contribution in [3.63, 3.8) is 0 Å². The molecule has 4 heterocycles. The van der Waals surface area contributed by atoms with Gasteiger partial charge in [0.15, 0.2) is 6.23 Å². The Kier molecular flexibility index (Phi) is 7.63. The predicted molar refractivity (Wildman–Crippen MR) is 141 cm³/mol. The largest absolute Gasteiger partial charge is 0.372 e. The summed E-state index contributed by atoms with van der Waals surface area (Å²) in [4.78, 5) is 18.3. The molecule has 1 fully saturated rings. The van der Waals surface area contributed by atoms with Crippen molar-refractivity contribution in [2.24, 2.45) is 0 Å². The van der Waals surface area contributed by atoms with Gasteiger partial charge in [0.25, 0.3) is 0 Å². The number of aryl methyl sites for hydroxylation is 1. The number of thiophene rings is 1. The standard InChI is InChI=1S/C27H32N6OS/c1-20(22-10-5-12-28-19-22)29-27-30-23-11-18-35-25(23)24(31-27)26(34)33-16-14-32(15-17-33)13-6-9-21-7-3-2-4-8-21/h2-5,7-8,10-12,18-20,26,34H,6,9,13-17H2,1H3,(H,29,30,31)/t20-,26?/m0/s1. The number of piperazine rings is 1. The number of benzene rings is 1. The fourth-order valence-corrected chi connectivity index (χ4v) is 5.43. The average Bonchev–Trinajstić information content (AvgIpc) is 3.38. The number of anilines is 1. The topological polar surface area (TPSA) is 77.4 Å². The van der Waals surface area contributed by atoms with Gasteiger partial charge in [-0.15, -0.1) is 11.3 Å². The maximum Gasteiger partial charge on any atom is 0.224 e. The molecule has 1 aromatic carbocycles. The minimum atomic E-state index is -0.750. The number of fused-ring (bicyclic) bond motifs is 1. The van der Waals surface area contributed by atoms with E-state index < -0.39 is 6.23 Å². The highest BCUT2D eigenvalue weighted by molar-refractivity contribution is 7.17. The molecule has 0 bridgehead atoms. The van der Waals surface area contributed by atoms with Gasteiger partial charge in [-0.25, -0.2) is 9.97 Å². The molecule has 182 valence electrons. The van der Waals surface area contributed by atoms with Crippen LogP contribution in [0.15, 0.2) is 66.3 Å². The third kappa shape index (κ3) is 5.85. The minimum Gasteiger partial charge on any atom is -0.372 e. The van der Waals surface area contributed by atoms with E-state index in [0.717, 1.165) is 61.3 Å². The Morgan fingerprint density at radius 2 is 1.86 bits per heavy atom. The van der Waals surface area contributed by atoms with Crippen LogP contribution in [0.5, 0.6) is 0 Å². The molecule has 2 N–H and O–H groups in total. The smallest absolute Gasteiger partial charge is 0.224 e.